The Bertz CT molecular complexity index is 1350. The van der Waals surface area contributed by atoms with Crippen LogP contribution < -0.4 is 10.2 Å². The van der Waals surface area contributed by atoms with Gasteiger partial charge in [-0.15, -0.1) is 28.1 Å². The maximum Gasteiger partial charge on any atom is 0.236 e. The summed E-state index contributed by atoms with van der Waals surface area (Å²) in [5, 5.41) is 15.5. The molecule has 7 nitrogen and oxygen atoms in total. The average Bonchev–Trinajstić information content (AvgIpc) is 3.45. The van der Waals surface area contributed by atoms with E-state index in [0.29, 0.717) is 32.6 Å². The van der Waals surface area contributed by atoms with Crippen molar-refractivity contribution < 1.29 is 4.79 Å². The van der Waals surface area contributed by atoms with Crippen molar-refractivity contribution in [1.29, 1.82) is 0 Å². The third-order valence-electron chi connectivity index (χ3n) is 4.96. The van der Waals surface area contributed by atoms with E-state index in [4.69, 9.17) is 23.2 Å². The number of aromatic nitrogens is 4. The number of nitrogens with zero attached hydrogens (tertiary/aromatic N) is 5. The van der Waals surface area contributed by atoms with E-state index in [2.05, 4.69) is 27.1 Å². The lowest BCUT2D eigenvalue weighted by Gasteiger charge is -2.13. The fourth-order valence-corrected chi connectivity index (χ4v) is 5.23. The summed E-state index contributed by atoms with van der Waals surface area (Å²) < 4.78 is 1.94. The molecule has 4 rings (SSSR count). The van der Waals surface area contributed by atoms with E-state index >= 15 is 0 Å². The van der Waals surface area contributed by atoms with Crippen molar-refractivity contribution in [1.82, 2.24) is 19.7 Å². The highest BCUT2D eigenvalue weighted by Gasteiger charge is 2.16. The van der Waals surface area contributed by atoms with Crippen molar-refractivity contribution in [3.8, 4) is 22.6 Å². The smallest absolute Gasteiger partial charge is 0.236 e. The number of hydrogen-bond donors (Lipinski definition) is 1. The molecule has 0 aliphatic rings. The molecule has 0 unspecified atom stereocenters. The van der Waals surface area contributed by atoms with Gasteiger partial charge in [-0.1, -0.05) is 41.0 Å². The number of nitrogens with one attached hydrogen (secondary N) is 1. The van der Waals surface area contributed by atoms with Crippen molar-refractivity contribution in [2.24, 2.45) is 0 Å². The maximum absolute atomic E-state index is 12.6. The predicted molar refractivity (Wildman–Crippen MR) is 147 cm³/mol. The van der Waals surface area contributed by atoms with Gasteiger partial charge in [-0.25, -0.2) is 4.98 Å². The lowest BCUT2D eigenvalue weighted by molar-refractivity contribution is -0.113. The van der Waals surface area contributed by atoms with Crippen LogP contribution in [-0.4, -0.2) is 45.5 Å². The number of benzene rings is 2. The minimum atomic E-state index is -0.192. The number of halogens is 2. The number of carbonyl (C=O) groups excluding carboxylic acids is 1. The fraction of sp³-hybridized carbons (Fsp3) is 0.167. The molecule has 2 heterocycles. The van der Waals surface area contributed by atoms with Gasteiger partial charge in [0.2, 0.25) is 5.91 Å². The second kappa shape index (κ2) is 11.3. The summed E-state index contributed by atoms with van der Waals surface area (Å²) in [5.41, 5.74) is 3.47. The van der Waals surface area contributed by atoms with Gasteiger partial charge in [-0.05, 0) is 42.5 Å². The molecule has 35 heavy (non-hydrogen) atoms. The molecule has 2 aromatic heterocycles. The minimum Gasteiger partial charge on any atom is -0.378 e. The van der Waals surface area contributed by atoms with E-state index in [1.807, 2.05) is 53.2 Å². The van der Waals surface area contributed by atoms with Gasteiger partial charge in [0.25, 0.3) is 0 Å². The van der Waals surface area contributed by atoms with Crippen LogP contribution >= 0.6 is 46.3 Å². The first-order valence-electron chi connectivity index (χ1n) is 10.5. The zero-order valence-corrected chi connectivity index (χ0v) is 22.2. The highest BCUT2D eigenvalue weighted by Crippen LogP contribution is 2.32. The molecule has 1 N–H and O–H groups in total. The van der Waals surface area contributed by atoms with E-state index < -0.39 is 0 Å². The van der Waals surface area contributed by atoms with Gasteiger partial charge in [0.15, 0.2) is 16.1 Å². The maximum atomic E-state index is 12.6. The van der Waals surface area contributed by atoms with Gasteiger partial charge < -0.3 is 10.2 Å². The SMILES string of the molecule is C=CCn1c(SCC(=O)Nc2nc(-c3ccc(Cl)cc3Cl)cs2)nnc1-c1ccc(N(C)C)cc1. The molecule has 1 amide bonds. The largest absolute Gasteiger partial charge is 0.378 e. The number of thiazole rings is 1. The number of allylic oxidation sites excluding steroid dienone is 1. The molecule has 0 atom stereocenters. The molecular formula is C24H22Cl2N6OS2. The van der Waals surface area contributed by atoms with Crippen molar-refractivity contribution >= 4 is 63.0 Å². The van der Waals surface area contributed by atoms with Crippen molar-refractivity contribution in [3.63, 3.8) is 0 Å². The van der Waals surface area contributed by atoms with E-state index in [1.54, 1.807) is 24.3 Å². The molecule has 0 saturated carbocycles. The van der Waals surface area contributed by atoms with Gasteiger partial charge in [-0.3, -0.25) is 9.36 Å². The van der Waals surface area contributed by atoms with E-state index in [0.717, 1.165) is 22.6 Å². The molecule has 0 aliphatic carbocycles. The van der Waals surface area contributed by atoms with Crippen LogP contribution in [0.25, 0.3) is 22.6 Å². The lowest BCUT2D eigenvalue weighted by Crippen LogP contribution is -2.14. The number of carbonyl (C=O) groups is 1. The zero-order chi connectivity index (χ0) is 24.9. The molecule has 11 heteroatoms. The summed E-state index contributed by atoms with van der Waals surface area (Å²) in [6, 6.07) is 13.3. The summed E-state index contributed by atoms with van der Waals surface area (Å²) in [5.74, 6) is 0.691. The van der Waals surface area contributed by atoms with E-state index in [-0.39, 0.29) is 11.7 Å². The first-order valence-corrected chi connectivity index (χ1v) is 13.1. The van der Waals surface area contributed by atoms with E-state index in [9.17, 15) is 4.79 Å². The minimum absolute atomic E-state index is 0.158. The molecule has 180 valence electrons. The van der Waals surface area contributed by atoms with Gasteiger partial charge in [0, 0.05) is 47.9 Å². The third-order valence-corrected chi connectivity index (χ3v) is 7.23. The zero-order valence-electron chi connectivity index (χ0n) is 19.0. The Balaban J connectivity index is 1.43. The summed E-state index contributed by atoms with van der Waals surface area (Å²) in [4.78, 5) is 19.1. The summed E-state index contributed by atoms with van der Waals surface area (Å²) in [6.07, 6.45) is 1.78. The first-order chi connectivity index (χ1) is 16.9. The van der Waals surface area contributed by atoms with Crippen LogP contribution in [0.4, 0.5) is 10.8 Å². The van der Waals surface area contributed by atoms with Crippen molar-refractivity contribution in [2.45, 2.75) is 11.7 Å². The Morgan fingerprint density at radius 3 is 2.66 bits per heavy atom. The van der Waals surface area contributed by atoms with Crippen LogP contribution in [0.1, 0.15) is 0 Å². The standard InChI is InChI=1S/C24H22Cl2N6OS2/c1-4-11-32-22(15-5-8-17(9-6-15)31(2)3)29-30-24(32)35-14-21(33)28-23-27-20(13-34-23)18-10-7-16(25)12-19(18)26/h4-10,12-13H,1,11,14H2,2-3H3,(H,27,28,33). The monoisotopic (exact) mass is 544 g/mol. The van der Waals surface area contributed by atoms with Gasteiger partial charge >= 0.3 is 0 Å². The number of thioether (sulfide) groups is 1. The van der Waals surface area contributed by atoms with Crippen LogP contribution in [0.15, 0.2) is 65.7 Å². The number of anilines is 2. The Kier molecular flexibility index (Phi) is 8.12. The molecule has 4 aromatic rings. The van der Waals surface area contributed by atoms with Crippen LogP contribution in [0, 0.1) is 0 Å². The van der Waals surface area contributed by atoms with Crippen LogP contribution in [0.3, 0.4) is 0 Å². The predicted octanol–water partition coefficient (Wildman–Crippen LogP) is 6.36. The number of rotatable bonds is 9. The van der Waals surface area contributed by atoms with Crippen LogP contribution in [0.2, 0.25) is 10.0 Å². The second-order valence-corrected chi connectivity index (χ2v) is 10.3. The molecule has 0 bridgehead atoms. The van der Waals surface area contributed by atoms with Crippen molar-refractivity contribution in [2.75, 3.05) is 30.1 Å². The fourth-order valence-electron chi connectivity index (χ4n) is 3.25. The quantitative estimate of drug-likeness (QED) is 0.195. The highest BCUT2D eigenvalue weighted by atomic mass is 35.5. The van der Waals surface area contributed by atoms with Crippen LogP contribution in [-0.2, 0) is 11.3 Å². The Labute approximate surface area is 221 Å². The molecule has 0 radical (unpaired) electrons. The van der Waals surface area contributed by atoms with Crippen LogP contribution in [0.5, 0.6) is 0 Å². The third kappa shape index (κ3) is 6.05. The number of amides is 1. The second-order valence-electron chi connectivity index (χ2n) is 7.65. The molecule has 0 spiro atoms. The Morgan fingerprint density at radius 2 is 1.97 bits per heavy atom. The van der Waals surface area contributed by atoms with Gasteiger partial charge in [-0.2, -0.15) is 0 Å². The lowest BCUT2D eigenvalue weighted by atomic mass is 10.2. The van der Waals surface area contributed by atoms with E-state index in [1.165, 1.54) is 23.1 Å². The van der Waals surface area contributed by atoms with Crippen molar-refractivity contribution in [3.05, 3.63) is 70.5 Å². The molecular weight excluding hydrogens is 523 g/mol. The van der Waals surface area contributed by atoms with Gasteiger partial charge in [0.1, 0.15) is 0 Å². The van der Waals surface area contributed by atoms with Gasteiger partial charge in [0.05, 0.1) is 16.5 Å². The Morgan fingerprint density at radius 1 is 1.20 bits per heavy atom. The molecule has 0 aliphatic heterocycles. The molecule has 2 aromatic carbocycles. The summed E-state index contributed by atoms with van der Waals surface area (Å²) >= 11 is 14.9. The highest BCUT2D eigenvalue weighted by molar-refractivity contribution is 7.99. The number of hydrogen-bond acceptors (Lipinski definition) is 7. The average molecular weight is 546 g/mol. The Hall–Kier alpha value is -2.85. The summed E-state index contributed by atoms with van der Waals surface area (Å²) in [7, 11) is 3.99. The molecule has 0 saturated heterocycles. The topological polar surface area (TPSA) is 75.9 Å². The normalized spacial score (nSPS) is 10.9. The first kappa shape index (κ1) is 25.2. The summed E-state index contributed by atoms with van der Waals surface area (Å²) in [6.45, 7) is 4.37. The molecule has 0 fully saturated rings.